The molecule has 1 atom stereocenters. The summed E-state index contributed by atoms with van der Waals surface area (Å²) in [6, 6.07) is 5.13. The molecule has 0 radical (unpaired) electrons. The van der Waals surface area contributed by atoms with E-state index in [4.69, 9.17) is 9.47 Å². The number of ether oxygens (including phenoxy) is 2. The van der Waals surface area contributed by atoms with Crippen LogP contribution in [0.2, 0.25) is 0 Å². The lowest BCUT2D eigenvalue weighted by atomic mass is 10.1. The molecule has 0 fully saturated rings. The Morgan fingerprint density at radius 2 is 2.16 bits per heavy atom. The van der Waals surface area contributed by atoms with Crippen LogP contribution in [0.5, 0.6) is 11.5 Å². The van der Waals surface area contributed by atoms with E-state index in [0.717, 1.165) is 12.0 Å². The number of benzene rings is 1. The van der Waals surface area contributed by atoms with Crippen LogP contribution in [0.4, 0.5) is 0 Å². The molecule has 106 valence electrons. The van der Waals surface area contributed by atoms with Crippen molar-refractivity contribution < 1.29 is 19.4 Å². The summed E-state index contributed by atoms with van der Waals surface area (Å²) in [5.41, 5.74) is 0.736. The van der Waals surface area contributed by atoms with Gasteiger partial charge in [0.2, 0.25) is 0 Å². The lowest BCUT2D eigenvalue weighted by molar-refractivity contribution is -0.123. The van der Waals surface area contributed by atoms with Crippen molar-refractivity contribution in [1.82, 2.24) is 5.32 Å². The second kappa shape index (κ2) is 7.63. The Kier molecular flexibility index (Phi) is 6.15. The van der Waals surface area contributed by atoms with Crippen LogP contribution >= 0.6 is 0 Å². The minimum Gasteiger partial charge on any atom is -0.493 e. The first-order chi connectivity index (χ1) is 9.08. The molecular formula is C14H21NO4. The molecule has 2 N–H and O–H groups in total. The zero-order valence-corrected chi connectivity index (χ0v) is 11.6. The number of methoxy groups -OCH3 is 1. The van der Waals surface area contributed by atoms with Gasteiger partial charge in [0.25, 0.3) is 5.91 Å². The van der Waals surface area contributed by atoms with E-state index in [-0.39, 0.29) is 12.5 Å². The number of carbonyl (C=O) groups excluding carboxylic acids is 1. The predicted molar refractivity (Wildman–Crippen MR) is 72.4 cm³/mol. The molecule has 0 saturated heterocycles. The molecular weight excluding hydrogens is 246 g/mol. The second-order valence-corrected chi connectivity index (χ2v) is 4.22. The van der Waals surface area contributed by atoms with Gasteiger partial charge in [-0.05, 0) is 31.0 Å². The number of hydrogen-bond donors (Lipinski definition) is 2. The summed E-state index contributed by atoms with van der Waals surface area (Å²) in [6.07, 6.45) is 0.314. The third-order valence-electron chi connectivity index (χ3n) is 2.60. The smallest absolute Gasteiger partial charge is 0.257 e. The van der Waals surface area contributed by atoms with Crippen LogP contribution in [0.1, 0.15) is 31.9 Å². The minimum atomic E-state index is -0.573. The number of rotatable bonds is 7. The van der Waals surface area contributed by atoms with Crippen LogP contribution in [0, 0.1) is 0 Å². The fraction of sp³-hybridized carbons (Fsp3) is 0.500. The van der Waals surface area contributed by atoms with Crippen LogP contribution < -0.4 is 14.8 Å². The van der Waals surface area contributed by atoms with Crippen molar-refractivity contribution in [3.05, 3.63) is 23.8 Å². The summed E-state index contributed by atoms with van der Waals surface area (Å²) in [7, 11) is 1.52. The van der Waals surface area contributed by atoms with E-state index < -0.39 is 6.10 Å². The molecule has 0 aliphatic carbocycles. The number of hydrogen-bond acceptors (Lipinski definition) is 4. The Hall–Kier alpha value is -1.75. The van der Waals surface area contributed by atoms with Crippen molar-refractivity contribution in [1.29, 1.82) is 0 Å². The minimum absolute atomic E-state index is 0.0512. The van der Waals surface area contributed by atoms with Crippen LogP contribution in [-0.4, -0.2) is 31.3 Å². The number of aliphatic hydroxyl groups excluding tert-OH is 1. The lowest BCUT2D eigenvalue weighted by Gasteiger charge is -2.13. The first-order valence-corrected chi connectivity index (χ1v) is 6.34. The van der Waals surface area contributed by atoms with Gasteiger partial charge in [0.1, 0.15) is 0 Å². The quantitative estimate of drug-likeness (QED) is 0.788. The third kappa shape index (κ3) is 4.79. The van der Waals surface area contributed by atoms with Gasteiger partial charge in [-0.2, -0.15) is 0 Å². The highest BCUT2D eigenvalue weighted by Crippen LogP contribution is 2.30. The molecule has 5 nitrogen and oxygen atoms in total. The van der Waals surface area contributed by atoms with Gasteiger partial charge in [0.15, 0.2) is 18.1 Å². The normalized spacial score (nSPS) is 11.8. The molecule has 0 aliphatic heterocycles. The average molecular weight is 267 g/mol. The molecule has 1 rings (SSSR count). The molecule has 0 aromatic heterocycles. The van der Waals surface area contributed by atoms with Gasteiger partial charge in [-0.1, -0.05) is 13.0 Å². The number of aliphatic hydroxyl groups is 1. The van der Waals surface area contributed by atoms with Gasteiger partial charge in [0, 0.05) is 6.54 Å². The zero-order valence-electron chi connectivity index (χ0n) is 11.6. The number of nitrogens with one attached hydrogen (secondary N) is 1. The maximum Gasteiger partial charge on any atom is 0.257 e. The topological polar surface area (TPSA) is 67.8 Å². The summed E-state index contributed by atoms with van der Waals surface area (Å²) >= 11 is 0. The van der Waals surface area contributed by atoms with E-state index in [1.165, 1.54) is 7.11 Å². The molecule has 0 heterocycles. The van der Waals surface area contributed by atoms with E-state index in [0.29, 0.717) is 18.0 Å². The highest BCUT2D eigenvalue weighted by Gasteiger charge is 2.10. The summed E-state index contributed by atoms with van der Waals surface area (Å²) in [5.74, 6) is 0.823. The Morgan fingerprint density at radius 3 is 2.74 bits per heavy atom. The molecule has 19 heavy (non-hydrogen) atoms. The molecule has 0 aliphatic rings. The average Bonchev–Trinajstić information content (AvgIpc) is 2.42. The second-order valence-electron chi connectivity index (χ2n) is 4.22. The van der Waals surface area contributed by atoms with Crippen molar-refractivity contribution in [2.75, 3.05) is 20.3 Å². The molecule has 1 aromatic rings. The summed E-state index contributed by atoms with van der Waals surface area (Å²) in [5, 5.41) is 12.2. The Morgan fingerprint density at radius 1 is 1.42 bits per heavy atom. The molecule has 0 unspecified atom stereocenters. The largest absolute Gasteiger partial charge is 0.493 e. The van der Waals surface area contributed by atoms with Gasteiger partial charge in [-0.3, -0.25) is 4.79 Å². The molecule has 1 aromatic carbocycles. The van der Waals surface area contributed by atoms with Gasteiger partial charge >= 0.3 is 0 Å². The molecule has 0 spiro atoms. The van der Waals surface area contributed by atoms with Crippen molar-refractivity contribution in [3.63, 3.8) is 0 Å². The third-order valence-corrected chi connectivity index (χ3v) is 2.60. The molecule has 0 bridgehead atoms. The van der Waals surface area contributed by atoms with E-state index >= 15 is 0 Å². The van der Waals surface area contributed by atoms with Crippen molar-refractivity contribution in [3.8, 4) is 11.5 Å². The van der Waals surface area contributed by atoms with Gasteiger partial charge in [0.05, 0.1) is 13.2 Å². The molecule has 0 saturated carbocycles. The monoisotopic (exact) mass is 267 g/mol. The van der Waals surface area contributed by atoms with Gasteiger partial charge in [-0.15, -0.1) is 0 Å². The fourth-order valence-corrected chi connectivity index (χ4v) is 1.52. The molecule has 1 amide bonds. The summed E-state index contributed by atoms with van der Waals surface area (Å²) in [4.78, 5) is 11.4. The zero-order chi connectivity index (χ0) is 14.3. The van der Waals surface area contributed by atoms with Gasteiger partial charge < -0.3 is 19.9 Å². The first-order valence-electron chi connectivity index (χ1n) is 6.34. The van der Waals surface area contributed by atoms with Crippen molar-refractivity contribution in [2.24, 2.45) is 0 Å². The fourth-order valence-electron chi connectivity index (χ4n) is 1.52. The van der Waals surface area contributed by atoms with Crippen LogP contribution in [0.25, 0.3) is 0 Å². The number of amides is 1. The van der Waals surface area contributed by atoms with E-state index in [2.05, 4.69) is 5.32 Å². The van der Waals surface area contributed by atoms with Crippen molar-refractivity contribution in [2.45, 2.75) is 26.4 Å². The van der Waals surface area contributed by atoms with E-state index in [1.807, 2.05) is 6.92 Å². The molecule has 5 heteroatoms. The first kappa shape index (κ1) is 15.3. The summed E-state index contributed by atoms with van der Waals surface area (Å²) < 4.78 is 10.6. The van der Waals surface area contributed by atoms with Gasteiger partial charge in [-0.25, -0.2) is 0 Å². The standard InChI is InChI=1S/C14H21NO4/c1-4-7-15-14(17)9-19-12-6-5-11(10(2)16)8-13(12)18-3/h5-6,8,10,16H,4,7,9H2,1-3H3,(H,15,17)/t10-/m0/s1. The Balaban J connectivity index is 2.65. The highest BCUT2D eigenvalue weighted by atomic mass is 16.5. The van der Waals surface area contributed by atoms with E-state index in [1.54, 1.807) is 25.1 Å². The summed E-state index contributed by atoms with van der Waals surface area (Å²) in [6.45, 7) is 4.25. The number of carbonyl (C=O) groups is 1. The highest BCUT2D eigenvalue weighted by molar-refractivity contribution is 5.77. The Bertz CT molecular complexity index is 418. The predicted octanol–water partition coefficient (Wildman–Crippen LogP) is 1.65. The SMILES string of the molecule is CCCNC(=O)COc1ccc([C@H](C)O)cc1OC. The van der Waals surface area contributed by atoms with Crippen LogP contribution in [0.15, 0.2) is 18.2 Å². The van der Waals surface area contributed by atoms with Crippen LogP contribution in [0.3, 0.4) is 0 Å². The lowest BCUT2D eigenvalue weighted by Crippen LogP contribution is -2.29. The maximum atomic E-state index is 11.4. The maximum absolute atomic E-state index is 11.4. The van der Waals surface area contributed by atoms with Crippen molar-refractivity contribution >= 4 is 5.91 Å². The van der Waals surface area contributed by atoms with E-state index in [9.17, 15) is 9.90 Å². The Labute approximate surface area is 113 Å². The van der Waals surface area contributed by atoms with Crippen LogP contribution in [-0.2, 0) is 4.79 Å².